The Morgan fingerprint density at radius 2 is 2.00 bits per heavy atom. The Kier molecular flexibility index (Phi) is 5.84. The van der Waals surface area contributed by atoms with Gasteiger partial charge in [0, 0.05) is 18.8 Å². The summed E-state index contributed by atoms with van der Waals surface area (Å²) in [5.41, 5.74) is 2.41. The largest absolute Gasteiger partial charge is 0.496 e. The fourth-order valence-corrected chi connectivity index (χ4v) is 1.77. The van der Waals surface area contributed by atoms with E-state index in [2.05, 4.69) is 43.5 Å². The van der Waals surface area contributed by atoms with E-state index < -0.39 is 0 Å². The average Bonchev–Trinajstić information content (AvgIpc) is 2.34. The van der Waals surface area contributed by atoms with E-state index in [0.717, 1.165) is 31.1 Å². The van der Waals surface area contributed by atoms with Crippen LogP contribution in [0.15, 0.2) is 18.2 Å². The van der Waals surface area contributed by atoms with E-state index in [1.807, 2.05) is 6.07 Å². The molecular weight excluding hydrogens is 212 g/mol. The second-order valence-electron chi connectivity index (χ2n) is 4.39. The van der Waals surface area contributed by atoms with Crippen molar-refractivity contribution in [2.24, 2.45) is 0 Å². The maximum absolute atomic E-state index is 5.36. The zero-order chi connectivity index (χ0) is 12.7. The number of benzene rings is 1. The lowest BCUT2D eigenvalue weighted by atomic mass is 10.0. The van der Waals surface area contributed by atoms with Crippen LogP contribution < -0.4 is 15.4 Å². The minimum absolute atomic E-state index is 0.473. The van der Waals surface area contributed by atoms with E-state index >= 15 is 0 Å². The van der Waals surface area contributed by atoms with Crippen molar-refractivity contribution in [2.45, 2.75) is 26.7 Å². The summed E-state index contributed by atoms with van der Waals surface area (Å²) < 4.78 is 5.36. The minimum atomic E-state index is 0.473. The third-order valence-corrected chi connectivity index (χ3v) is 2.73. The number of likely N-dealkylation sites (N-methyl/N-ethyl adjacent to an activating group) is 1. The van der Waals surface area contributed by atoms with Gasteiger partial charge in [0.25, 0.3) is 0 Å². The highest BCUT2D eigenvalue weighted by Crippen LogP contribution is 2.28. The van der Waals surface area contributed by atoms with Crippen LogP contribution in [0.3, 0.4) is 0 Å². The Morgan fingerprint density at radius 3 is 2.59 bits per heavy atom. The lowest BCUT2D eigenvalue weighted by Crippen LogP contribution is -2.21. The van der Waals surface area contributed by atoms with Gasteiger partial charge in [-0.15, -0.1) is 0 Å². The van der Waals surface area contributed by atoms with Crippen LogP contribution in [0.5, 0.6) is 5.75 Å². The smallest absolute Gasteiger partial charge is 0.122 e. The Balaban J connectivity index is 2.64. The monoisotopic (exact) mass is 236 g/mol. The number of ether oxygens (including phenoxy) is 1. The first-order valence-electron chi connectivity index (χ1n) is 6.31. The summed E-state index contributed by atoms with van der Waals surface area (Å²) in [4.78, 5) is 0. The molecule has 96 valence electrons. The predicted octanol–water partition coefficient (Wildman–Crippen LogP) is 2.84. The molecule has 0 aromatic heterocycles. The SMILES string of the molecule is CCNCCNc1ccc(OC)c(C(C)C)c1. The molecule has 0 bridgehead atoms. The molecule has 0 unspecified atom stereocenters. The molecule has 1 aromatic carbocycles. The molecule has 1 rings (SSSR count). The molecule has 0 saturated heterocycles. The van der Waals surface area contributed by atoms with E-state index in [4.69, 9.17) is 4.74 Å². The van der Waals surface area contributed by atoms with Crippen molar-refractivity contribution >= 4 is 5.69 Å². The van der Waals surface area contributed by atoms with Gasteiger partial charge in [-0.25, -0.2) is 0 Å². The van der Waals surface area contributed by atoms with Crippen molar-refractivity contribution in [1.29, 1.82) is 0 Å². The van der Waals surface area contributed by atoms with Crippen molar-refractivity contribution in [2.75, 3.05) is 32.1 Å². The number of hydrogen-bond acceptors (Lipinski definition) is 3. The van der Waals surface area contributed by atoms with Gasteiger partial charge in [-0.3, -0.25) is 0 Å². The molecule has 0 atom stereocenters. The van der Waals surface area contributed by atoms with Crippen molar-refractivity contribution in [3.05, 3.63) is 23.8 Å². The van der Waals surface area contributed by atoms with Gasteiger partial charge in [0.15, 0.2) is 0 Å². The zero-order valence-electron chi connectivity index (χ0n) is 11.3. The molecule has 17 heavy (non-hydrogen) atoms. The van der Waals surface area contributed by atoms with Gasteiger partial charge >= 0.3 is 0 Å². The highest BCUT2D eigenvalue weighted by atomic mass is 16.5. The minimum Gasteiger partial charge on any atom is -0.496 e. The van der Waals surface area contributed by atoms with Gasteiger partial charge < -0.3 is 15.4 Å². The first kappa shape index (κ1) is 13.8. The molecule has 0 heterocycles. The van der Waals surface area contributed by atoms with Gasteiger partial charge in [-0.1, -0.05) is 20.8 Å². The Morgan fingerprint density at radius 1 is 1.24 bits per heavy atom. The van der Waals surface area contributed by atoms with Crippen LogP contribution in [0, 0.1) is 0 Å². The maximum Gasteiger partial charge on any atom is 0.122 e. The number of methoxy groups -OCH3 is 1. The summed E-state index contributed by atoms with van der Waals surface area (Å²) in [6.07, 6.45) is 0. The fraction of sp³-hybridized carbons (Fsp3) is 0.571. The van der Waals surface area contributed by atoms with E-state index in [1.165, 1.54) is 5.56 Å². The van der Waals surface area contributed by atoms with Crippen LogP contribution in [0.2, 0.25) is 0 Å². The van der Waals surface area contributed by atoms with Crippen molar-refractivity contribution in [1.82, 2.24) is 5.32 Å². The summed E-state index contributed by atoms with van der Waals surface area (Å²) in [6, 6.07) is 6.27. The number of hydrogen-bond donors (Lipinski definition) is 2. The molecule has 3 heteroatoms. The molecule has 0 aliphatic rings. The van der Waals surface area contributed by atoms with E-state index in [0.29, 0.717) is 5.92 Å². The summed E-state index contributed by atoms with van der Waals surface area (Å²) in [5.74, 6) is 1.44. The molecule has 0 spiro atoms. The average molecular weight is 236 g/mol. The van der Waals surface area contributed by atoms with Crippen LogP contribution in [-0.2, 0) is 0 Å². The molecule has 2 N–H and O–H groups in total. The second-order valence-corrected chi connectivity index (χ2v) is 4.39. The standard InChI is InChI=1S/C14H24N2O/c1-5-15-8-9-16-12-6-7-14(17-4)13(10-12)11(2)3/h6-7,10-11,15-16H,5,8-9H2,1-4H3. The normalized spacial score (nSPS) is 10.6. The molecule has 0 amide bonds. The number of rotatable bonds is 7. The Hall–Kier alpha value is -1.22. The predicted molar refractivity (Wildman–Crippen MR) is 74.1 cm³/mol. The van der Waals surface area contributed by atoms with Crippen LogP contribution in [0.4, 0.5) is 5.69 Å². The van der Waals surface area contributed by atoms with Crippen molar-refractivity contribution < 1.29 is 4.74 Å². The Bertz CT molecular complexity index is 337. The first-order chi connectivity index (χ1) is 8.19. The molecule has 0 saturated carbocycles. The van der Waals surface area contributed by atoms with E-state index in [9.17, 15) is 0 Å². The molecule has 3 nitrogen and oxygen atoms in total. The highest BCUT2D eigenvalue weighted by molar-refractivity contribution is 5.52. The number of anilines is 1. The van der Waals surface area contributed by atoms with Crippen LogP contribution in [0.1, 0.15) is 32.3 Å². The van der Waals surface area contributed by atoms with Crippen LogP contribution in [0.25, 0.3) is 0 Å². The van der Waals surface area contributed by atoms with Gasteiger partial charge in [-0.05, 0) is 36.2 Å². The summed E-state index contributed by atoms with van der Waals surface area (Å²) in [6.45, 7) is 9.42. The number of nitrogens with one attached hydrogen (secondary N) is 2. The third-order valence-electron chi connectivity index (χ3n) is 2.73. The molecule has 0 aliphatic carbocycles. The molecule has 0 fully saturated rings. The van der Waals surface area contributed by atoms with Crippen LogP contribution >= 0.6 is 0 Å². The van der Waals surface area contributed by atoms with Gasteiger partial charge in [0.1, 0.15) is 5.75 Å². The van der Waals surface area contributed by atoms with Crippen LogP contribution in [-0.4, -0.2) is 26.7 Å². The third kappa shape index (κ3) is 4.27. The van der Waals surface area contributed by atoms with Crippen molar-refractivity contribution in [3.63, 3.8) is 0 Å². The second kappa shape index (κ2) is 7.17. The molecule has 1 aromatic rings. The van der Waals surface area contributed by atoms with Gasteiger partial charge in [0.2, 0.25) is 0 Å². The topological polar surface area (TPSA) is 33.3 Å². The van der Waals surface area contributed by atoms with E-state index in [1.54, 1.807) is 7.11 Å². The Labute approximate surface area is 105 Å². The highest BCUT2D eigenvalue weighted by Gasteiger charge is 2.07. The lowest BCUT2D eigenvalue weighted by Gasteiger charge is -2.14. The molecular formula is C14H24N2O. The molecule has 0 aliphatic heterocycles. The lowest BCUT2D eigenvalue weighted by molar-refractivity contribution is 0.407. The first-order valence-corrected chi connectivity index (χ1v) is 6.31. The quantitative estimate of drug-likeness (QED) is 0.714. The maximum atomic E-state index is 5.36. The van der Waals surface area contributed by atoms with Gasteiger partial charge in [-0.2, -0.15) is 0 Å². The summed E-state index contributed by atoms with van der Waals surface area (Å²) in [7, 11) is 1.72. The molecule has 0 radical (unpaired) electrons. The summed E-state index contributed by atoms with van der Waals surface area (Å²) in [5, 5.41) is 6.70. The van der Waals surface area contributed by atoms with E-state index in [-0.39, 0.29) is 0 Å². The zero-order valence-corrected chi connectivity index (χ0v) is 11.3. The van der Waals surface area contributed by atoms with Crippen molar-refractivity contribution in [3.8, 4) is 5.75 Å². The summed E-state index contributed by atoms with van der Waals surface area (Å²) >= 11 is 0. The fourth-order valence-electron chi connectivity index (χ4n) is 1.77. The van der Waals surface area contributed by atoms with Gasteiger partial charge in [0.05, 0.1) is 7.11 Å².